The molecule has 5 nitrogen and oxygen atoms in total. The third kappa shape index (κ3) is 4.39. The summed E-state index contributed by atoms with van der Waals surface area (Å²) in [4.78, 5) is 12.1. The highest BCUT2D eigenvalue weighted by Crippen LogP contribution is 2.27. The minimum atomic E-state index is -0.181. The molecule has 0 heterocycles. The SMILES string of the molecule is COc1ccc(C(=O)NCCOc2ccccc2C)cc1OC. The van der Waals surface area contributed by atoms with Crippen LogP contribution in [-0.4, -0.2) is 33.3 Å². The van der Waals surface area contributed by atoms with Crippen molar-refractivity contribution in [3.8, 4) is 17.2 Å². The molecule has 0 saturated carbocycles. The minimum absolute atomic E-state index is 0.181. The molecule has 0 unspecified atom stereocenters. The van der Waals surface area contributed by atoms with Crippen LogP contribution in [0.5, 0.6) is 17.2 Å². The van der Waals surface area contributed by atoms with E-state index < -0.39 is 0 Å². The molecule has 1 amide bonds. The molecule has 0 bridgehead atoms. The van der Waals surface area contributed by atoms with E-state index >= 15 is 0 Å². The average molecular weight is 315 g/mol. The van der Waals surface area contributed by atoms with Crippen LogP contribution in [0.25, 0.3) is 0 Å². The first-order chi connectivity index (χ1) is 11.2. The molecule has 5 heteroatoms. The van der Waals surface area contributed by atoms with Crippen molar-refractivity contribution in [1.82, 2.24) is 5.32 Å². The average Bonchev–Trinajstić information content (AvgIpc) is 2.59. The second-order valence-electron chi connectivity index (χ2n) is 4.94. The molecule has 2 aromatic carbocycles. The number of carbonyl (C=O) groups is 1. The number of para-hydroxylation sites is 1. The van der Waals surface area contributed by atoms with Gasteiger partial charge in [0.2, 0.25) is 0 Å². The molecular formula is C18H21NO4. The number of carbonyl (C=O) groups excluding carboxylic acids is 1. The van der Waals surface area contributed by atoms with Crippen LogP contribution in [0.3, 0.4) is 0 Å². The van der Waals surface area contributed by atoms with Crippen LogP contribution in [0.1, 0.15) is 15.9 Å². The fourth-order valence-electron chi connectivity index (χ4n) is 2.12. The predicted molar refractivity (Wildman–Crippen MR) is 88.6 cm³/mol. The first kappa shape index (κ1) is 16.7. The van der Waals surface area contributed by atoms with Crippen molar-refractivity contribution in [3.63, 3.8) is 0 Å². The number of rotatable bonds is 7. The van der Waals surface area contributed by atoms with E-state index in [1.165, 1.54) is 7.11 Å². The van der Waals surface area contributed by atoms with Crippen LogP contribution < -0.4 is 19.5 Å². The molecule has 0 aromatic heterocycles. The molecule has 1 N–H and O–H groups in total. The molecule has 0 atom stereocenters. The summed E-state index contributed by atoms with van der Waals surface area (Å²) in [6.07, 6.45) is 0. The number of methoxy groups -OCH3 is 2. The zero-order valence-electron chi connectivity index (χ0n) is 13.6. The second kappa shape index (κ2) is 8.08. The van der Waals surface area contributed by atoms with Crippen LogP contribution >= 0.6 is 0 Å². The first-order valence-corrected chi connectivity index (χ1v) is 7.34. The monoisotopic (exact) mass is 315 g/mol. The van der Waals surface area contributed by atoms with Gasteiger partial charge in [-0.3, -0.25) is 4.79 Å². The number of ether oxygens (including phenoxy) is 3. The summed E-state index contributed by atoms with van der Waals surface area (Å²) in [7, 11) is 3.09. The molecule has 122 valence electrons. The molecule has 0 saturated heterocycles. The maximum Gasteiger partial charge on any atom is 0.251 e. The van der Waals surface area contributed by atoms with E-state index in [0.29, 0.717) is 30.2 Å². The van der Waals surface area contributed by atoms with Crippen LogP contribution in [0.4, 0.5) is 0 Å². The van der Waals surface area contributed by atoms with Crippen molar-refractivity contribution in [2.75, 3.05) is 27.4 Å². The maximum atomic E-state index is 12.1. The molecule has 0 spiro atoms. The lowest BCUT2D eigenvalue weighted by molar-refractivity contribution is 0.0946. The number of nitrogens with one attached hydrogen (secondary N) is 1. The lowest BCUT2D eigenvalue weighted by atomic mass is 10.2. The molecule has 0 aliphatic heterocycles. The van der Waals surface area contributed by atoms with E-state index in [-0.39, 0.29) is 5.91 Å². The van der Waals surface area contributed by atoms with E-state index in [1.54, 1.807) is 25.3 Å². The van der Waals surface area contributed by atoms with Crippen molar-refractivity contribution >= 4 is 5.91 Å². The first-order valence-electron chi connectivity index (χ1n) is 7.34. The van der Waals surface area contributed by atoms with Gasteiger partial charge in [0, 0.05) is 5.56 Å². The van der Waals surface area contributed by atoms with Crippen molar-refractivity contribution in [2.45, 2.75) is 6.92 Å². The number of amides is 1. The van der Waals surface area contributed by atoms with Crippen molar-refractivity contribution in [2.24, 2.45) is 0 Å². The summed E-state index contributed by atoms with van der Waals surface area (Å²) in [5.74, 6) is 1.76. The highest BCUT2D eigenvalue weighted by Gasteiger charge is 2.10. The van der Waals surface area contributed by atoms with Gasteiger partial charge in [0.05, 0.1) is 20.8 Å². The van der Waals surface area contributed by atoms with Crippen LogP contribution in [-0.2, 0) is 0 Å². The van der Waals surface area contributed by atoms with Gasteiger partial charge in [-0.1, -0.05) is 18.2 Å². The van der Waals surface area contributed by atoms with E-state index in [0.717, 1.165) is 11.3 Å². The maximum absolute atomic E-state index is 12.1. The lowest BCUT2D eigenvalue weighted by Gasteiger charge is -2.11. The Hall–Kier alpha value is -2.69. The number of aryl methyl sites for hydroxylation is 1. The molecule has 23 heavy (non-hydrogen) atoms. The van der Waals surface area contributed by atoms with E-state index in [2.05, 4.69) is 5.32 Å². The highest BCUT2D eigenvalue weighted by atomic mass is 16.5. The Bertz CT molecular complexity index is 670. The molecular weight excluding hydrogens is 294 g/mol. The van der Waals surface area contributed by atoms with E-state index in [1.807, 2.05) is 31.2 Å². The van der Waals surface area contributed by atoms with Gasteiger partial charge in [0.25, 0.3) is 5.91 Å². The van der Waals surface area contributed by atoms with Gasteiger partial charge in [-0.05, 0) is 36.8 Å². The van der Waals surface area contributed by atoms with Gasteiger partial charge in [-0.2, -0.15) is 0 Å². The molecule has 0 radical (unpaired) electrons. The second-order valence-corrected chi connectivity index (χ2v) is 4.94. The van der Waals surface area contributed by atoms with Crippen LogP contribution in [0.15, 0.2) is 42.5 Å². The van der Waals surface area contributed by atoms with Gasteiger partial charge < -0.3 is 19.5 Å². The normalized spacial score (nSPS) is 10.0. The van der Waals surface area contributed by atoms with Crippen molar-refractivity contribution in [3.05, 3.63) is 53.6 Å². The van der Waals surface area contributed by atoms with Gasteiger partial charge in [0.15, 0.2) is 11.5 Å². The van der Waals surface area contributed by atoms with Crippen LogP contribution in [0.2, 0.25) is 0 Å². The summed E-state index contributed by atoms with van der Waals surface area (Å²) in [6, 6.07) is 12.8. The van der Waals surface area contributed by atoms with Gasteiger partial charge in [-0.15, -0.1) is 0 Å². The molecule has 2 aromatic rings. The van der Waals surface area contributed by atoms with Crippen molar-refractivity contribution in [1.29, 1.82) is 0 Å². The summed E-state index contributed by atoms with van der Waals surface area (Å²) < 4.78 is 16.0. The largest absolute Gasteiger partial charge is 0.493 e. The van der Waals surface area contributed by atoms with Crippen LogP contribution in [0, 0.1) is 6.92 Å². The van der Waals surface area contributed by atoms with Gasteiger partial charge in [0.1, 0.15) is 12.4 Å². The van der Waals surface area contributed by atoms with Gasteiger partial charge >= 0.3 is 0 Å². The molecule has 2 rings (SSSR count). The Labute approximate surface area is 136 Å². The highest BCUT2D eigenvalue weighted by molar-refractivity contribution is 5.94. The summed E-state index contributed by atoms with van der Waals surface area (Å²) in [5.41, 5.74) is 1.58. The Morgan fingerprint density at radius 2 is 1.74 bits per heavy atom. The third-order valence-electron chi connectivity index (χ3n) is 3.38. The fourth-order valence-corrected chi connectivity index (χ4v) is 2.12. The summed E-state index contributed by atoms with van der Waals surface area (Å²) in [5, 5.41) is 2.82. The predicted octanol–water partition coefficient (Wildman–Crippen LogP) is 2.82. The summed E-state index contributed by atoms with van der Waals surface area (Å²) in [6.45, 7) is 2.81. The minimum Gasteiger partial charge on any atom is -0.493 e. The topological polar surface area (TPSA) is 56.8 Å². The third-order valence-corrected chi connectivity index (χ3v) is 3.38. The number of benzene rings is 2. The molecule has 0 aliphatic rings. The zero-order valence-corrected chi connectivity index (χ0v) is 13.6. The molecule has 0 fully saturated rings. The fraction of sp³-hybridized carbons (Fsp3) is 0.278. The Morgan fingerprint density at radius 1 is 1.00 bits per heavy atom. The number of hydrogen-bond acceptors (Lipinski definition) is 4. The van der Waals surface area contributed by atoms with E-state index in [4.69, 9.17) is 14.2 Å². The van der Waals surface area contributed by atoms with Crippen molar-refractivity contribution < 1.29 is 19.0 Å². The summed E-state index contributed by atoms with van der Waals surface area (Å²) >= 11 is 0. The standard InChI is InChI=1S/C18H21NO4/c1-13-6-4-5-7-15(13)23-11-10-19-18(20)14-8-9-16(21-2)17(12-14)22-3/h4-9,12H,10-11H2,1-3H3,(H,19,20). The van der Waals surface area contributed by atoms with E-state index in [9.17, 15) is 4.79 Å². The lowest BCUT2D eigenvalue weighted by Crippen LogP contribution is -2.28. The Balaban J connectivity index is 1.86. The number of hydrogen-bond donors (Lipinski definition) is 1. The Morgan fingerprint density at radius 3 is 2.43 bits per heavy atom. The quantitative estimate of drug-likeness (QED) is 0.798. The zero-order chi connectivity index (χ0) is 16.7. The van der Waals surface area contributed by atoms with Gasteiger partial charge in [-0.25, -0.2) is 0 Å². The Kier molecular flexibility index (Phi) is 5.86. The molecule has 0 aliphatic carbocycles. The smallest absolute Gasteiger partial charge is 0.251 e.